The van der Waals surface area contributed by atoms with Crippen molar-refractivity contribution in [3.63, 3.8) is 0 Å². The van der Waals surface area contributed by atoms with Gasteiger partial charge in [0.25, 0.3) is 0 Å². The molecule has 7 heteroatoms. The SMILES string of the molecule is O=C(CSc1ncccn1)Nc1ccc(F)cc1F. The number of thioether (sulfide) groups is 1. The van der Waals surface area contributed by atoms with Gasteiger partial charge in [0.15, 0.2) is 5.16 Å². The third-order valence-electron chi connectivity index (χ3n) is 2.08. The number of aromatic nitrogens is 2. The van der Waals surface area contributed by atoms with Crippen LogP contribution >= 0.6 is 11.8 Å². The van der Waals surface area contributed by atoms with Gasteiger partial charge in [0.1, 0.15) is 11.6 Å². The largest absolute Gasteiger partial charge is 0.323 e. The number of nitrogens with one attached hydrogen (secondary N) is 1. The number of hydrogen-bond acceptors (Lipinski definition) is 4. The number of anilines is 1. The number of halogens is 2. The Bertz CT molecular complexity index is 580. The second-order valence-corrected chi connectivity index (χ2v) is 4.43. The maximum Gasteiger partial charge on any atom is 0.234 e. The normalized spacial score (nSPS) is 10.2. The van der Waals surface area contributed by atoms with Gasteiger partial charge in [0.2, 0.25) is 5.91 Å². The highest BCUT2D eigenvalue weighted by Crippen LogP contribution is 2.16. The fourth-order valence-electron chi connectivity index (χ4n) is 1.27. The summed E-state index contributed by atoms with van der Waals surface area (Å²) in [5, 5.41) is 2.81. The first-order chi connectivity index (χ1) is 9.15. The summed E-state index contributed by atoms with van der Waals surface area (Å²) >= 11 is 1.13. The zero-order chi connectivity index (χ0) is 13.7. The molecule has 0 fully saturated rings. The van der Waals surface area contributed by atoms with Crippen molar-refractivity contribution in [3.05, 3.63) is 48.3 Å². The van der Waals surface area contributed by atoms with Crippen molar-refractivity contribution in [3.8, 4) is 0 Å². The number of rotatable bonds is 4. The number of benzene rings is 1. The van der Waals surface area contributed by atoms with E-state index in [1.54, 1.807) is 18.5 Å². The molecule has 1 aromatic heterocycles. The Morgan fingerprint density at radius 3 is 2.68 bits per heavy atom. The molecule has 1 heterocycles. The Kier molecular flexibility index (Phi) is 4.40. The van der Waals surface area contributed by atoms with Crippen LogP contribution in [0.5, 0.6) is 0 Å². The Morgan fingerprint density at radius 2 is 2.00 bits per heavy atom. The standard InChI is InChI=1S/C12H9F2N3OS/c13-8-2-3-10(9(14)6-8)17-11(18)7-19-12-15-4-1-5-16-12/h1-6H,7H2,(H,17,18). The maximum absolute atomic E-state index is 13.3. The van der Waals surface area contributed by atoms with Crippen molar-refractivity contribution >= 4 is 23.4 Å². The molecule has 1 aromatic carbocycles. The lowest BCUT2D eigenvalue weighted by atomic mass is 10.3. The van der Waals surface area contributed by atoms with Crippen LogP contribution in [0.3, 0.4) is 0 Å². The molecule has 1 N–H and O–H groups in total. The lowest BCUT2D eigenvalue weighted by Gasteiger charge is -2.05. The van der Waals surface area contributed by atoms with Crippen molar-refractivity contribution in [2.45, 2.75) is 5.16 Å². The molecule has 0 radical (unpaired) electrons. The molecule has 0 aliphatic carbocycles. The van der Waals surface area contributed by atoms with E-state index in [9.17, 15) is 13.6 Å². The highest BCUT2D eigenvalue weighted by Gasteiger charge is 2.09. The third-order valence-corrected chi connectivity index (χ3v) is 2.96. The summed E-state index contributed by atoms with van der Waals surface area (Å²) in [5.41, 5.74) is -0.0546. The second-order valence-electron chi connectivity index (χ2n) is 3.49. The molecule has 0 atom stereocenters. The molecule has 0 aliphatic rings. The number of nitrogens with zero attached hydrogens (tertiary/aromatic N) is 2. The molecule has 0 saturated heterocycles. The molecule has 4 nitrogen and oxygen atoms in total. The van der Waals surface area contributed by atoms with E-state index < -0.39 is 17.5 Å². The predicted octanol–water partition coefficient (Wildman–Crippen LogP) is 2.49. The van der Waals surface area contributed by atoms with Gasteiger partial charge in [-0.2, -0.15) is 0 Å². The molecule has 0 bridgehead atoms. The molecule has 0 saturated carbocycles. The van der Waals surface area contributed by atoms with Crippen molar-refractivity contribution in [1.82, 2.24) is 9.97 Å². The van der Waals surface area contributed by atoms with Gasteiger partial charge in [-0.3, -0.25) is 4.79 Å². The number of hydrogen-bond donors (Lipinski definition) is 1. The first-order valence-corrected chi connectivity index (χ1v) is 6.28. The average Bonchev–Trinajstić information content (AvgIpc) is 2.41. The van der Waals surface area contributed by atoms with E-state index in [2.05, 4.69) is 15.3 Å². The molecule has 0 unspecified atom stereocenters. The van der Waals surface area contributed by atoms with Crippen LogP contribution in [0.2, 0.25) is 0 Å². The summed E-state index contributed by atoms with van der Waals surface area (Å²) in [6, 6.07) is 4.62. The minimum absolute atomic E-state index is 0.0425. The van der Waals surface area contributed by atoms with Crippen LogP contribution in [0.15, 0.2) is 41.8 Å². The highest BCUT2D eigenvalue weighted by molar-refractivity contribution is 7.99. The smallest absolute Gasteiger partial charge is 0.234 e. The minimum atomic E-state index is -0.811. The first-order valence-electron chi connectivity index (χ1n) is 5.30. The fraction of sp³-hybridized carbons (Fsp3) is 0.0833. The maximum atomic E-state index is 13.3. The molecule has 19 heavy (non-hydrogen) atoms. The van der Waals surface area contributed by atoms with Gasteiger partial charge in [-0.15, -0.1) is 0 Å². The Hall–Kier alpha value is -2.02. The summed E-state index contributed by atoms with van der Waals surface area (Å²) in [5.74, 6) is -1.87. The molecular weight excluding hydrogens is 272 g/mol. The number of carbonyl (C=O) groups is 1. The molecule has 0 spiro atoms. The second kappa shape index (κ2) is 6.24. The Balaban J connectivity index is 1.91. The van der Waals surface area contributed by atoms with Crippen LogP contribution in [-0.2, 0) is 4.79 Å². The van der Waals surface area contributed by atoms with Gasteiger partial charge >= 0.3 is 0 Å². The van der Waals surface area contributed by atoms with Crippen LogP contribution < -0.4 is 5.32 Å². The summed E-state index contributed by atoms with van der Waals surface area (Å²) in [6.07, 6.45) is 3.12. The van der Waals surface area contributed by atoms with E-state index in [4.69, 9.17) is 0 Å². The summed E-state index contributed by atoms with van der Waals surface area (Å²) in [6.45, 7) is 0. The number of carbonyl (C=O) groups excluding carboxylic acids is 1. The molecule has 0 aliphatic heterocycles. The predicted molar refractivity (Wildman–Crippen MR) is 67.7 cm³/mol. The quantitative estimate of drug-likeness (QED) is 0.691. The monoisotopic (exact) mass is 281 g/mol. The number of amides is 1. The Labute approximate surface area is 112 Å². The van der Waals surface area contributed by atoms with Gasteiger partial charge in [-0.25, -0.2) is 18.7 Å². The lowest BCUT2D eigenvalue weighted by molar-refractivity contribution is -0.113. The van der Waals surface area contributed by atoms with E-state index in [1.165, 1.54) is 6.07 Å². The van der Waals surface area contributed by atoms with E-state index in [0.29, 0.717) is 11.2 Å². The van der Waals surface area contributed by atoms with Gasteiger partial charge in [0.05, 0.1) is 11.4 Å². The molecular formula is C12H9F2N3OS. The highest BCUT2D eigenvalue weighted by atomic mass is 32.2. The minimum Gasteiger partial charge on any atom is -0.323 e. The van der Waals surface area contributed by atoms with E-state index in [-0.39, 0.29) is 11.4 Å². The zero-order valence-corrected chi connectivity index (χ0v) is 10.5. The zero-order valence-electron chi connectivity index (χ0n) is 9.64. The van der Waals surface area contributed by atoms with Crippen LogP contribution in [0.1, 0.15) is 0 Å². The van der Waals surface area contributed by atoms with E-state index in [1.807, 2.05) is 0 Å². The Morgan fingerprint density at radius 1 is 1.26 bits per heavy atom. The van der Waals surface area contributed by atoms with Crippen LogP contribution in [0, 0.1) is 11.6 Å². The fourth-order valence-corrected chi connectivity index (χ4v) is 1.87. The first kappa shape index (κ1) is 13.4. The van der Waals surface area contributed by atoms with Gasteiger partial charge < -0.3 is 5.32 Å². The van der Waals surface area contributed by atoms with E-state index >= 15 is 0 Å². The average molecular weight is 281 g/mol. The van der Waals surface area contributed by atoms with Crippen LogP contribution in [-0.4, -0.2) is 21.6 Å². The van der Waals surface area contributed by atoms with E-state index in [0.717, 1.165) is 17.8 Å². The van der Waals surface area contributed by atoms with Gasteiger partial charge in [-0.05, 0) is 18.2 Å². The van der Waals surface area contributed by atoms with Crippen LogP contribution in [0.25, 0.3) is 0 Å². The summed E-state index contributed by atoms with van der Waals surface area (Å²) in [4.78, 5) is 19.4. The third kappa shape index (κ3) is 3.99. The molecule has 98 valence electrons. The summed E-state index contributed by atoms with van der Waals surface area (Å²) < 4.78 is 26.0. The molecule has 1 amide bonds. The molecule has 2 aromatic rings. The van der Waals surface area contributed by atoms with Crippen molar-refractivity contribution in [1.29, 1.82) is 0 Å². The van der Waals surface area contributed by atoms with Gasteiger partial charge in [0, 0.05) is 18.5 Å². The van der Waals surface area contributed by atoms with Crippen LogP contribution in [0.4, 0.5) is 14.5 Å². The lowest BCUT2D eigenvalue weighted by Crippen LogP contribution is -2.15. The van der Waals surface area contributed by atoms with Crippen molar-refractivity contribution < 1.29 is 13.6 Å². The topological polar surface area (TPSA) is 54.9 Å². The van der Waals surface area contributed by atoms with Gasteiger partial charge in [-0.1, -0.05) is 11.8 Å². The summed E-state index contributed by atoms with van der Waals surface area (Å²) in [7, 11) is 0. The van der Waals surface area contributed by atoms with Crippen molar-refractivity contribution in [2.75, 3.05) is 11.1 Å². The van der Waals surface area contributed by atoms with Crippen molar-refractivity contribution in [2.24, 2.45) is 0 Å². The molecule has 2 rings (SSSR count).